The summed E-state index contributed by atoms with van der Waals surface area (Å²) in [5, 5.41) is 1.84. The molecule has 3 aromatic rings. The van der Waals surface area contributed by atoms with Gasteiger partial charge in [0.05, 0.1) is 5.69 Å². The Balaban J connectivity index is 2.00. The van der Waals surface area contributed by atoms with Gasteiger partial charge in [-0.2, -0.15) is 0 Å². The molecule has 0 N–H and O–H groups in total. The molecule has 1 aliphatic carbocycles. The molecule has 92 valence electrons. The van der Waals surface area contributed by atoms with Crippen molar-refractivity contribution < 1.29 is 0 Å². The highest BCUT2D eigenvalue weighted by atomic mass is 32.1. The molecule has 0 amide bonds. The van der Waals surface area contributed by atoms with Gasteiger partial charge in [0.25, 0.3) is 5.56 Å². The average Bonchev–Trinajstić information content (AvgIpc) is 3.02. The molecule has 0 radical (unpaired) electrons. The fourth-order valence-electron chi connectivity index (χ4n) is 2.78. The van der Waals surface area contributed by atoms with Crippen molar-refractivity contribution in [2.24, 2.45) is 0 Å². The second-order valence-corrected chi connectivity index (χ2v) is 5.53. The number of hydrogen-bond acceptors (Lipinski definition) is 2. The van der Waals surface area contributed by atoms with E-state index in [1.165, 1.54) is 33.8 Å². The van der Waals surface area contributed by atoms with E-state index < -0.39 is 0 Å². The van der Waals surface area contributed by atoms with Crippen LogP contribution in [0.4, 0.5) is 0 Å². The molecule has 3 heteroatoms. The Morgan fingerprint density at radius 2 is 1.79 bits per heavy atom. The van der Waals surface area contributed by atoms with Gasteiger partial charge in [-0.3, -0.25) is 4.79 Å². The maximum absolute atomic E-state index is 11.9. The van der Waals surface area contributed by atoms with E-state index in [-0.39, 0.29) is 5.56 Å². The summed E-state index contributed by atoms with van der Waals surface area (Å²) in [7, 11) is 0. The highest BCUT2D eigenvalue weighted by Gasteiger charge is 2.21. The van der Waals surface area contributed by atoms with Crippen LogP contribution < -0.4 is 5.56 Å². The standard InChI is InChI=1S/C16H11NOS/c18-16-8-9-19-17(16)15-7-3-6-13-12-5-2-1-4-11(12)10-14(13)15/h1-9H,10H2. The third kappa shape index (κ3) is 1.52. The van der Waals surface area contributed by atoms with Crippen LogP contribution in [-0.2, 0) is 6.42 Å². The Morgan fingerprint density at radius 1 is 0.947 bits per heavy atom. The number of nitrogens with zero attached hydrogens (tertiary/aromatic N) is 1. The van der Waals surface area contributed by atoms with Crippen LogP contribution in [-0.4, -0.2) is 3.96 Å². The number of rotatable bonds is 1. The number of benzene rings is 2. The van der Waals surface area contributed by atoms with Crippen LogP contribution in [0, 0.1) is 0 Å². The van der Waals surface area contributed by atoms with Gasteiger partial charge in [-0.15, -0.1) is 0 Å². The molecule has 0 atom stereocenters. The average molecular weight is 265 g/mol. The fourth-order valence-corrected chi connectivity index (χ4v) is 3.52. The Bertz CT molecular complexity index is 829. The van der Waals surface area contributed by atoms with Gasteiger partial charge in [-0.05, 0) is 28.3 Å². The van der Waals surface area contributed by atoms with E-state index in [1.807, 2.05) is 17.5 Å². The number of fused-ring (bicyclic) bond motifs is 3. The summed E-state index contributed by atoms with van der Waals surface area (Å²) < 4.78 is 1.77. The van der Waals surface area contributed by atoms with Crippen LogP contribution in [0.1, 0.15) is 11.1 Å². The Hall–Kier alpha value is -2.13. The summed E-state index contributed by atoms with van der Waals surface area (Å²) in [6.45, 7) is 0. The van der Waals surface area contributed by atoms with Gasteiger partial charge >= 0.3 is 0 Å². The summed E-state index contributed by atoms with van der Waals surface area (Å²) >= 11 is 1.45. The quantitative estimate of drug-likeness (QED) is 0.516. The lowest BCUT2D eigenvalue weighted by Crippen LogP contribution is -2.11. The molecule has 2 aromatic carbocycles. The van der Waals surface area contributed by atoms with Gasteiger partial charge in [-0.1, -0.05) is 47.9 Å². The zero-order valence-electron chi connectivity index (χ0n) is 10.2. The minimum absolute atomic E-state index is 0.0503. The molecule has 0 unspecified atom stereocenters. The summed E-state index contributed by atoms with van der Waals surface area (Å²) in [4.78, 5) is 11.9. The second kappa shape index (κ2) is 3.93. The zero-order valence-corrected chi connectivity index (χ0v) is 11.0. The SMILES string of the molecule is O=c1ccsn1-c1cccc2c1Cc1ccccc1-2. The minimum Gasteiger partial charge on any atom is -0.268 e. The van der Waals surface area contributed by atoms with Crippen molar-refractivity contribution in [1.82, 2.24) is 3.96 Å². The molecular weight excluding hydrogens is 254 g/mol. The lowest BCUT2D eigenvalue weighted by atomic mass is 10.1. The molecule has 0 saturated carbocycles. The summed E-state index contributed by atoms with van der Waals surface area (Å²) in [5.74, 6) is 0. The van der Waals surface area contributed by atoms with Crippen molar-refractivity contribution in [3.63, 3.8) is 0 Å². The Kier molecular flexibility index (Phi) is 2.23. The van der Waals surface area contributed by atoms with E-state index in [2.05, 4.69) is 30.3 Å². The van der Waals surface area contributed by atoms with Crippen molar-refractivity contribution in [2.45, 2.75) is 6.42 Å². The van der Waals surface area contributed by atoms with E-state index >= 15 is 0 Å². The molecule has 1 heterocycles. The van der Waals surface area contributed by atoms with Gasteiger partial charge in [-0.25, -0.2) is 3.96 Å². The van der Waals surface area contributed by atoms with Crippen LogP contribution in [0.15, 0.2) is 58.7 Å². The molecule has 4 rings (SSSR count). The van der Waals surface area contributed by atoms with E-state index in [0.717, 1.165) is 12.1 Å². The minimum atomic E-state index is 0.0503. The molecule has 1 aliphatic rings. The molecular formula is C16H11NOS. The first kappa shape index (κ1) is 10.8. The highest BCUT2D eigenvalue weighted by molar-refractivity contribution is 7.04. The number of hydrogen-bond donors (Lipinski definition) is 0. The first-order valence-electron chi connectivity index (χ1n) is 6.22. The molecule has 2 nitrogen and oxygen atoms in total. The topological polar surface area (TPSA) is 22.0 Å². The predicted molar refractivity (Wildman–Crippen MR) is 78.2 cm³/mol. The van der Waals surface area contributed by atoms with Gasteiger partial charge in [0.15, 0.2) is 0 Å². The second-order valence-electron chi connectivity index (χ2n) is 4.68. The Morgan fingerprint density at radius 3 is 2.63 bits per heavy atom. The van der Waals surface area contributed by atoms with E-state index in [4.69, 9.17) is 0 Å². The van der Waals surface area contributed by atoms with Gasteiger partial charge < -0.3 is 0 Å². The van der Waals surface area contributed by atoms with Crippen molar-refractivity contribution >= 4 is 11.5 Å². The predicted octanol–water partition coefficient (Wildman–Crippen LogP) is 3.47. The summed E-state index contributed by atoms with van der Waals surface area (Å²) in [6.07, 6.45) is 0.909. The zero-order chi connectivity index (χ0) is 12.8. The molecule has 19 heavy (non-hydrogen) atoms. The molecule has 1 aromatic heterocycles. The van der Waals surface area contributed by atoms with Crippen molar-refractivity contribution in [3.8, 4) is 16.8 Å². The van der Waals surface area contributed by atoms with Crippen LogP contribution in [0.2, 0.25) is 0 Å². The summed E-state index contributed by atoms with van der Waals surface area (Å²) in [5.41, 5.74) is 6.23. The van der Waals surface area contributed by atoms with Crippen LogP contribution in [0.3, 0.4) is 0 Å². The molecule has 0 bridgehead atoms. The molecule has 0 saturated heterocycles. The van der Waals surface area contributed by atoms with E-state index in [0.29, 0.717) is 0 Å². The van der Waals surface area contributed by atoms with Crippen LogP contribution in [0.25, 0.3) is 16.8 Å². The van der Waals surface area contributed by atoms with Crippen molar-refractivity contribution in [2.75, 3.05) is 0 Å². The maximum Gasteiger partial charge on any atom is 0.265 e. The lowest BCUT2D eigenvalue weighted by Gasteiger charge is -2.07. The van der Waals surface area contributed by atoms with Crippen LogP contribution in [0.5, 0.6) is 0 Å². The third-order valence-electron chi connectivity index (χ3n) is 3.62. The fraction of sp³-hybridized carbons (Fsp3) is 0.0625. The lowest BCUT2D eigenvalue weighted by molar-refractivity contribution is 1.09. The highest BCUT2D eigenvalue weighted by Crippen LogP contribution is 2.39. The smallest absolute Gasteiger partial charge is 0.265 e. The van der Waals surface area contributed by atoms with Crippen molar-refractivity contribution in [3.05, 3.63) is 75.4 Å². The largest absolute Gasteiger partial charge is 0.268 e. The first-order valence-corrected chi connectivity index (χ1v) is 7.06. The van der Waals surface area contributed by atoms with Gasteiger partial charge in [0, 0.05) is 17.9 Å². The van der Waals surface area contributed by atoms with Crippen LogP contribution >= 0.6 is 11.5 Å². The molecule has 0 spiro atoms. The molecule has 0 aliphatic heterocycles. The molecule has 0 fully saturated rings. The van der Waals surface area contributed by atoms with Gasteiger partial charge in [0.2, 0.25) is 0 Å². The van der Waals surface area contributed by atoms with Crippen molar-refractivity contribution in [1.29, 1.82) is 0 Å². The third-order valence-corrected chi connectivity index (χ3v) is 4.47. The van der Waals surface area contributed by atoms with E-state index in [9.17, 15) is 4.79 Å². The number of aromatic nitrogens is 1. The first-order chi connectivity index (χ1) is 9.34. The summed E-state index contributed by atoms with van der Waals surface area (Å²) in [6, 6.07) is 16.3. The maximum atomic E-state index is 11.9. The monoisotopic (exact) mass is 265 g/mol. The van der Waals surface area contributed by atoms with Gasteiger partial charge in [0.1, 0.15) is 0 Å². The normalized spacial score (nSPS) is 12.2. The Labute approximate surface area is 114 Å². The van der Waals surface area contributed by atoms with E-state index in [1.54, 1.807) is 10.0 Å².